The SMILES string of the molecule is Brc1cnn(CC2CN(c3ccc(C4CC4)nn3)C2)c1. The van der Waals surface area contributed by atoms with E-state index in [1.165, 1.54) is 12.8 Å². The maximum absolute atomic E-state index is 4.35. The van der Waals surface area contributed by atoms with Crippen LogP contribution in [0.3, 0.4) is 0 Å². The molecule has 0 amide bonds. The first kappa shape index (κ1) is 12.3. The Labute approximate surface area is 126 Å². The number of rotatable bonds is 4. The van der Waals surface area contributed by atoms with Crippen LogP contribution < -0.4 is 4.90 Å². The molecule has 0 atom stereocenters. The Morgan fingerprint density at radius 1 is 1.20 bits per heavy atom. The van der Waals surface area contributed by atoms with Crippen LogP contribution in [-0.4, -0.2) is 33.1 Å². The van der Waals surface area contributed by atoms with Crippen LogP contribution in [0.4, 0.5) is 5.82 Å². The number of hydrogen-bond donors (Lipinski definition) is 0. The van der Waals surface area contributed by atoms with Crippen molar-refractivity contribution < 1.29 is 0 Å². The molecule has 1 aliphatic carbocycles. The zero-order chi connectivity index (χ0) is 13.5. The van der Waals surface area contributed by atoms with Crippen molar-refractivity contribution in [2.24, 2.45) is 5.92 Å². The topological polar surface area (TPSA) is 46.8 Å². The number of hydrogen-bond acceptors (Lipinski definition) is 4. The molecule has 2 fully saturated rings. The first-order valence-corrected chi connectivity index (χ1v) is 7.84. The van der Waals surface area contributed by atoms with Gasteiger partial charge in [-0.25, -0.2) is 0 Å². The van der Waals surface area contributed by atoms with E-state index in [4.69, 9.17) is 0 Å². The Morgan fingerprint density at radius 3 is 2.65 bits per heavy atom. The highest BCUT2D eigenvalue weighted by molar-refractivity contribution is 9.10. The molecule has 0 bridgehead atoms. The van der Waals surface area contributed by atoms with Crippen LogP contribution in [0.5, 0.6) is 0 Å². The first-order chi connectivity index (χ1) is 9.78. The average Bonchev–Trinajstić information content (AvgIpc) is 3.18. The van der Waals surface area contributed by atoms with Crippen molar-refractivity contribution in [3.05, 3.63) is 34.7 Å². The molecule has 0 N–H and O–H groups in total. The molecule has 104 valence electrons. The van der Waals surface area contributed by atoms with E-state index in [0.29, 0.717) is 11.8 Å². The number of nitrogens with zero attached hydrogens (tertiary/aromatic N) is 5. The van der Waals surface area contributed by atoms with Crippen molar-refractivity contribution in [1.29, 1.82) is 0 Å². The highest BCUT2D eigenvalue weighted by atomic mass is 79.9. The van der Waals surface area contributed by atoms with Gasteiger partial charge in [0.15, 0.2) is 5.82 Å². The molecule has 0 unspecified atom stereocenters. The Hall–Kier alpha value is -1.43. The second kappa shape index (κ2) is 4.84. The Kier molecular flexibility index (Phi) is 2.98. The Bertz CT molecular complexity index is 598. The van der Waals surface area contributed by atoms with Crippen molar-refractivity contribution in [3.8, 4) is 0 Å². The van der Waals surface area contributed by atoms with E-state index >= 15 is 0 Å². The molecular weight excluding hydrogens is 318 g/mol. The van der Waals surface area contributed by atoms with Gasteiger partial charge in [-0.15, -0.1) is 5.10 Å². The van der Waals surface area contributed by atoms with Crippen molar-refractivity contribution in [2.45, 2.75) is 25.3 Å². The van der Waals surface area contributed by atoms with Crippen LogP contribution >= 0.6 is 15.9 Å². The van der Waals surface area contributed by atoms with Gasteiger partial charge in [-0.05, 0) is 40.9 Å². The summed E-state index contributed by atoms with van der Waals surface area (Å²) < 4.78 is 3.03. The summed E-state index contributed by atoms with van der Waals surface area (Å²) in [5.41, 5.74) is 1.16. The summed E-state index contributed by atoms with van der Waals surface area (Å²) in [5, 5.41) is 13.0. The van der Waals surface area contributed by atoms with E-state index < -0.39 is 0 Å². The summed E-state index contributed by atoms with van der Waals surface area (Å²) in [5.74, 6) is 2.33. The van der Waals surface area contributed by atoms with Crippen LogP contribution in [0, 0.1) is 5.92 Å². The number of aromatic nitrogens is 4. The third kappa shape index (κ3) is 2.44. The van der Waals surface area contributed by atoms with Gasteiger partial charge in [0.05, 0.1) is 16.4 Å². The average molecular weight is 334 g/mol. The van der Waals surface area contributed by atoms with Crippen LogP contribution in [0.2, 0.25) is 0 Å². The Morgan fingerprint density at radius 2 is 2.05 bits per heavy atom. The van der Waals surface area contributed by atoms with E-state index in [0.717, 1.165) is 35.6 Å². The maximum atomic E-state index is 4.35. The minimum Gasteiger partial charge on any atom is -0.354 e. The lowest BCUT2D eigenvalue weighted by molar-refractivity contribution is 0.339. The van der Waals surface area contributed by atoms with E-state index in [9.17, 15) is 0 Å². The fourth-order valence-electron chi connectivity index (χ4n) is 2.68. The van der Waals surface area contributed by atoms with Gasteiger partial charge in [-0.1, -0.05) is 0 Å². The lowest BCUT2D eigenvalue weighted by Crippen LogP contribution is -2.49. The monoisotopic (exact) mass is 333 g/mol. The van der Waals surface area contributed by atoms with Crippen molar-refractivity contribution >= 4 is 21.7 Å². The van der Waals surface area contributed by atoms with Crippen LogP contribution in [0.1, 0.15) is 24.5 Å². The zero-order valence-corrected chi connectivity index (χ0v) is 12.7. The van der Waals surface area contributed by atoms with Gasteiger partial charge in [0.25, 0.3) is 0 Å². The molecule has 0 aromatic carbocycles. The van der Waals surface area contributed by atoms with Gasteiger partial charge in [-0.3, -0.25) is 4.68 Å². The summed E-state index contributed by atoms with van der Waals surface area (Å²) >= 11 is 3.42. The summed E-state index contributed by atoms with van der Waals surface area (Å²) in [4.78, 5) is 2.28. The maximum Gasteiger partial charge on any atom is 0.151 e. The summed E-state index contributed by atoms with van der Waals surface area (Å²) in [6, 6.07) is 4.25. The third-order valence-corrected chi connectivity index (χ3v) is 4.40. The predicted octanol–water partition coefficient (Wildman–Crippen LogP) is 2.45. The van der Waals surface area contributed by atoms with Gasteiger partial charge >= 0.3 is 0 Å². The first-order valence-electron chi connectivity index (χ1n) is 7.04. The minimum atomic E-state index is 0.645. The molecule has 5 nitrogen and oxygen atoms in total. The van der Waals surface area contributed by atoms with Gasteiger partial charge in [0, 0.05) is 37.7 Å². The van der Waals surface area contributed by atoms with Gasteiger partial charge in [0.2, 0.25) is 0 Å². The quantitative estimate of drug-likeness (QED) is 0.862. The molecule has 6 heteroatoms. The van der Waals surface area contributed by atoms with E-state index in [2.05, 4.69) is 48.3 Å². The minimum absolute atomic E-state index is 0.645. The molecule has 1 saturated heterocycles. The van der Waals surface area contributed by atoms with Gasteiger partial charge in [0.1, 0.15) is 0 Å². The zero-order valence-electron chi connectivity index (χ0n) is 11.1. The molecule has 0 spiro atoms. The predicted molar refractivity (Wildman–Crippen MR) is 79.6 cm³/mol. The number of anilines is 1. The van der Waals surface area contributed by atoms with E-state index in [1.54, 1.807) is 0 Å². The van der Waals surface area contributed by atoms with Gasteiger partial charge < -0.3 is 4.90 Å². The lowest BCUT2D eigenvalue weighted by atomic mass is 10.0. The van der Waals surface area contributed by atoms with E-state index in [-0.39, 0.29) is 0 Å². The van der Waals surface area contributed by atoms with Crippen LogP contribution in [-0.2, 0) is 6.54 Å². The van der Waals surface area contributed by atoms with Crippen molar-refractivity contribution in [2.75, 3.05) is 18.0 Å². The smallest absolute Gasteiger partial charge is 0.151 e. The van der Waals surface area contributed by atoms with Crippen LogP contribution in [0.15, 0.2) is 29.0 Å². The molecule has 1 aliphatic heterocycles. The molecule has 1 saturated carbocycles. The summed E-state index contributed by atoms with van der Waals surface area (Å²) in [6.45, 7) is 3.04. The second-order valence-corrected chi connectivity index (χ2v) is 6.66. The molecule has 2 aliphatic rings. The Balaban J connectivity index is 1.33. The standard InChI is InChI=1S/C14H16BrN5/c15-12-5-16-20(9-12)8-10-6-19(7-10)14-4-3-13(17-18-14)11-1-2-11/h3-5,9-11H,1-2,6-8H2. The van der Waals surface area contributed by atoms with E-state index in [1.807, 2.05) is 17.1 Å². The highest BCUT2D eigenvalue weighted by Gasteiger charge is 2.29. The fraction of sp³-hybridized carbons (Fsp3) is 0.500. The molecule has 3 heterocycles. The third-order valence-electron chi connectivity index (χ3n) is 3.99. The largest absolute Gasteiger partial charge is 0.354 e. The van der Waals surface area contributed by atoms with Gasteiger partial charge in [-0.2, -0.15) is 10.2 Å². The molecular formula is C14H16BrN5. The summed E-state index contributed by atoms with van der Waals surface area (Å²) in [7, 11) is 0. The van der Waals surface area contributed by atoms with Crippen LogP contribution in [0.25, 0.3) is 0 Å². The van der Waals surface area contributed by atoms with Crippen molar-refractivity contribution in [1.82, 2.24) is 20.0 Å². The molecule has 0 radical (unpaired) electrons. The second-order valence-electron chi connectivity index (χ2n) is 5.74. The number of halogens is 1. The summed E-state index contributed by atoms with van der Waals surface area (Å²) in [6.07, 6.45) is 6.41. The molecule has 4 rings (SSSR count). The normalized spacial score (nSPS) is 19.1. The lowest BCUT2D eigenvalue weighted by Gasteiger charge is -2.39. The molecule has 20 heavy (non-hydrogen) atoms. The fourth-order valence-corrected chi connectivity index (χ4v) is 3.00. The highest BCUT2D eigenvalue weighted by Crippen LogP contribution is 2.39. The van der Waals surface area contributed by atoms with Crippen molar-refractivity contribution in [3.63, 3.8) is 0 Å². The molecule has 2 aromatic heterocycles. The molecule has 2 aromatic rings.